The molecule has 118 valence electrons. The molecule has 0 atom stereocenters. The summed E-state index contributed by atoms with van der Waals surface area (Å²) in [6.45, 7) is 0. The summed E-state index contributed by atoms with van der Waals surface area (Å²) in [6, 6.07) is 8.91. The lowest BCUT2D eigenvalue weighted by atomic mass is 10.2. The van der Waals surface area contributed by atoms with Crippen LogP contribution in [0.1, 0.15) is 14.7 Å². The van der Waals surface area contributed by atoms with Crippen LogP contribution in [0.2, 0.25) is 0 Å². The number of ether oxygens (including phenoxy) is 1. The minimum atomic E-state index is -0.303. The van der Waals surface area contributed by atoms with E-state index in [2.05, 4.69) is 4.98 Å². The second-order valence-corrected chi connectivity index (χ2v) is 7.51. The molecule has 1 aromatic carbocycles. The standard InChI is InChI=1S/C16H13NO3S3/c1-20-16(19)14-6-12(7-22-14)21-9-15-17-13(8-23-15)10-3-2-4-11(18)5-10/h2-8,18H,9H2,1H3. The second-order valence-electron chi connectivity index (χ2n) is 4.60. The van der Waals surface area contributed by atoms with E-state index in [0.717, 1.165) is 26.9 Å². The molecular formula is C16H13NO3S3. The Labute approximate surface area is 145 Å². The zero-order valence-corrected chi connectivity index (χ0v) is 14.6. The number of rotatable bonds is 5. The molecule has 0 spiro atoms. The fourth-order valence-corrected chi connectivity index (χ4v) is 4.69. The van der Waals surface area contributed by atoms with Crippen molar-refractivity contribution in [2.24, 2.45) is 0 Å². The number of esters is 1. The highest BCUT2D eigenvalue weighted by molar-refractivity contribution is 7.98. The zero-order valence-electron chi connectivity index (χ0n) is 12.2. The van der Waals surface area contributed by atoms with Crippen LogP contribution in [-0.4, -0.2) is 23.2 Å². The number of thiophene rings is 1. The first kappa shape index (κ1) is 16.0. The normalized spacial score (nSPS) is 10.7. The Morgan fingerprint density at radius 2 is 2.17 bits per heavy atom. The summed E-state index contributed by atoms with van der Waals surface area (Å²) in [4.78, 5) is 17.7. The van der Waals surface area contributed by atoms with E-state index in [4.69, 9.17) is 4.74 Å². The van der Waals surface area contributed by atoms with Gasteiger partial charge in [-0.15, -0.1) is 34.4 Å². The summed E-state index contributed by atoms with van der Waals surface area (Å²) < 4.78 is 4.71. The Morgan fingerprint density at radius 3 is 2.96 bits per heavy atom. The summed E-state index contributed by atoms with van der Waals surface area (Å²) in [7, 11) is 1.38. The van der Waals surface area contributed by atoms with E-state index in [1.54, 1.807) is 41.3 Å². The molecule has 3 rings (SSSR count). The van der Waals surface area contributed by atoms with Gasteiger partial charge in [-0.1, -0.05) is 12.1 Å². The molecule has 7 heteroatoms. The average molecular weight is 363 g/mol. The molecule has 0 aliphatic carbocycles. The zero-order chi connectivity index (χ0) is 16.2. The maximum Gasteiger partial charge on any atom is 0.348 e. The van der Waals surface area contributed by atoms with Gasteiger partial charge in [0.2, 0.25) is 0 Å². The molecule has 0 saturated carbocycles. The molecule has 2 heterocycles. The molecular weight excluding hydrogens is 350 g/mol. The number of carbonyl (C=O) groups excluding carboxylic acids is 1. The predicted molar refractivity (Wildman–Crippen MR) is 94.4 cm³/mol. The van der Waals surface area contributed by atoms with Gasteiger partial charge < -0.3 is 9.84 Å². The van der Waals surface area contributed by atoms with Crippen molar-refractivity contribution in [1.82, 2.24) is 4.98 Å². The summed E-state index contributed by atoms with van der Waals surface area (Å²) in [5.41, 5.74) is 1.77. The lowest BCUT2D eigenvalue weighted by Crippen LogP contribution is -1.96. The van der Waals surface area contributed by atoms with E-state index in [1.807, 2.05) is 22.9 Å². The number of aromatic hydroxyl groups is 1. The number of benzene rings is 1. The van der Waals surface area contributed by atoms with Gasteiger partial charge in [-0.3, -0.25) is 0 Å². The number of nitrogens with zero attached hydrogens (tertiary/aromatic N) is 1. The van der Waals surface area contributed by atoms with Gasteiger partial charge in [0.05, 0.1) is 18.6 Å². The first-order valence-corrected chi connectivity index (χ1v) is 9.43. The maximum absolute atomic E-state index is 11.4. The molecule has 2 aromatic heterocycles. The minimum Gasteiger partial charge on any atom is -0.508 e. The van der Waals surface area contributed by atoms with Crippen LogP contribution in [-0.2, 0) is 10.5 Å². The molecule has 0 aliphatic heterocycles. The van der Waals surface area contributed by atoms with E-state index in [0.29, 0.717) is 4.88 Å². The van der Waals surface area contributed by atoms with Crippen molar-refractivity contribution in [1.29, 1.82) is 0 Å². The first-order valence-electron chi connectivity index (χ1n) is 6.69. The smallest absolute Gasteiger partial charge is 0.348 e. The van der Waals surface area contributed by atoms with Crippen LogP contribution >= 0.6 is 34.4 Å². The highest BCUT2D eigenvalue weighted by Crippen LogP contribution is 2.31. The lowest BCUT2D eigenvalue weighted by molar-refractivity contribution is 0.0606. The number of thioether (sulfide) groups is 1. The quantitative estimate of drug-likeness (QED) is 0.528. The molecule has 0 bridgehead atoms. The number of phenols is 1. The SMILES string of the molecule is COC(=O)c1cc(SCc2nc(-c3cccc(O)c3)cs2)cs1. The topological polar surface area (TPSA) is 59.4 Å². The Balaban J connectivity index is 1.65. The highest BCUT2D eigenvalue weighted by atomic mass is 32.2. The number of methoxy groups -OCH3 is 1. The third kappa shape index (κ3) is 3.93. The number of hydrogen-bond acceptors (Lipinski definition) is 7. The summed E-state index contributed by atoms with van der Waals surface area (Å²) >= 11 is 4.60. The lowest BCUT2D eigenvalue weighted by Gasteiger charge is -1.97. The molecule has 4 nitrogen and oxygen atoms in total. The third-order valence-electron chi connectivity index (χ3n) is 3.02. The van der Waals surface area contributed by atoms with E-state index in [1.165, 1.54) is 18.4 Å². The summed E-state index contributed by atoms with van der Waals surface area (Å²) in [6.07, 6.45) is 0. The van der Waals surface area contributed by atoms with Gasteiger partial charge in [0.25, 0.3) is 0 Å². The molecule has 0 amide bonds. The van der Waals surface area contributed by atoms with Gasteiger partial charge in [-0.05, 0) is 18.2 Å². The number of aromatic nitrogens is 1. The Kier molecular flexibility index (Phi) is 5.00. The highest BCUT2D eigenvalue weighted by Gasteiger charge is 2.10. The van der Waals surface area contributed by atoms with Crippen molar-refractivity contribution in [3.63, 3.8) is 0 Å². The molecule has 0 aliphatic rings. The van der Waals surface area contributed by atoms with Crippen LogP contribution in [0, 0.1) is 0 Å². The van der Waals surface area contributed by atoms with E-state index >= 15 is 0 Å². The summed E-state index contributed by atoms with van der Waals surface area (Å²) in [5.74, 6) is 0.670. The van der Waals surface area contributed by atoms with Gasteiger partial charge in [0.15, 0.2) is 0 Å². The molecule has 0 unspecified atom stereocenters. The van der Waals surface area contributed by atoms with Crippen molar-refractivity contribution in [2.45, 2.75) is 10.6 Å². The van der Waals surface area contributed by atoms with Crippen molar-refractivity contribution in [3.05, 3.63) is 51.0 Å². The van der Waals surface area contributed by atoms with Gasteiger partial charge >= 0.3 is 5.97 Å². The van der Waals surface area contributed by atoms with Crippen LogP contribution in [0.5, 0.6) is 5.75 Å². The van der Waals surface area contributed by atoms with E-state index in [-0.39, 0.29) is 11.7 Å². The first-order chi connectivity index (χ1) is 11.2. The fourth-order valence-electron chi connectivity index (χ4n) is 1.92. The molecule has 23 heavy (non-hydrogen) atoms. The van der Waals surface area contributed by atoms with Gasteiger partial charge in [-0.2, -0.15) is 0 Å². The second kappa shape index (κ2) is 7.16. The average Bonchev–Trinajstić information content (AvgIpc) is 3.21. The Hall–Kier alpha value is -1.83. The molecule has 1 N–H and O–H groups in total. The molecule has 3 aromatic rings. The van der Waals surface area contributed by atoms with Crippen molar-refractivity contribution >= 4 is 40.4 Å². The summed E-state index contributed by atoms with van der Waals surface area (Å²) in [5, 5.41) is 14.5. The van der Waals surface area contributed by atoms with Crippen molar-refractivity contribution < 1.29 is 14.6 Å². The predicted octanol–water partition coefficient (Wildman–Crippen LogP) is 4.66. The number of carbonyl (C=O) groups is 1. The monoisotopic (exact) mass is 363 g/mol. The molecule has 0 fully saturated rings. The van der Waals surface area contributed by atoms with E-state index in [9.17, 15) is 9.90 Å². The maximum atomic E-state index is 11.4. The van der Waals surface area contributed by atoms with Gasteiger partial charge in [0.1, 0.15) is 15.6 Å². The number of thiazole rings is 1. The fraction of sp³-hybridized carbons (Fsp3) is 0.125. The van der Waals surface area contributed by atoms with Crippen molar-refractivity contribution in [3.8, 4) is 17.0 Å². The molecule has 0 radical (unpaired) electrons. The Morgan fingerprint density at radius 1 is 1.30 bits per heavy atom. The van der Waals surface area contributed by atoms with E-state index < -0.39 is 0 Å². The van der Waals surface area contributed by atoms with Crippen LogP contribution < -0.4 is 0 Å². The van der Waals surface area contributed by atoms with Crippen LogP contribution in [0.25, 0.3) is 11.3 Å². The van der Waals surface area contributed by atoms with Crippen LogP contribution in [0.4, 0.5) is 0 Å². The third-order valence-corrected chi connectivity index (χ3v) is 6.10. The van der Waals surface area contributed by atoms with Crippen LogP contribution in [0.3, 0.4) is 0 Å². The molecule has 0 saturated heterocycles. The number of phenolic OH excluding ortho intramolecular Hbond substituents is 1. The number of hydrogen-bond donors (Lipinski definition) is 1. The van der Waals surface area contributed by atoms with Gasteiger partial charge in [0, 0.05) is 21.2 Å². The van der Waals surface area contributed by atoms with Crippen LogP contribution in [0.15, 0.2) is 46.0 Å². The van der Waals surface area contributed by atoms with Gasteiger partial charge in [-0.25, -0.2) is 9.78 Å². The Bertz CT molecular complexity index is 825. The minimum absolute atomic E-state index is 0.236. The van der Waals surface area contributed by atoms with Crippen molar-refractivity contribution in [2.75, 3.05) is 7.11 Å². The largest absolute Gasteiger partial charge is 0.508 e.